The van der Waals surface area contributed by atoms with E-state index in [0.29, 0.717) is 76.6 Å². The van der Waals surface area contributed by atoms with Crippen molar-refractivity contribution in [3.05, 3.63) is 41.5 Å². The number of sulfone groups is 1. The first-order valence-electron chi connectivity index (χ1n) is 20.3. The minimum atomic E-state index is -2.86. The van der Waals surface area contributed by atoms with Crippen molar-refractivity contribution in [3.63, 3.8) is 0 Å². The van der Waals surface area contributed by atoms with Crippen LogP contribution in [0.4, 0.5) is 0 Å². The Morgan fingerprint density at radius 2 is 1.63 bits per heavy atom. The Morgan fingerprint density at radius 1 is 0.922 bits per heavy atom. The molecule has 0 radical (unpaired) electrons. The predicted molar refractivity (Wildman–Crippen MR) is 207 cm³/mol. The van der Waals surface area contributed by atoms with Crippen LogP contribution in [0.5, 0.6) is 0 Å². The van der Waals surface area contributed by atoms with Gasteiger partial charge in [-0.25, -0.2) is 13.2 Å². The molecule has 0 amide bonds. The number of ether oxygens (including phenoxy) is 1. The van der Waals surface area contributed by atoms with E-state index in [-0.39, 0.29) is 22.3 Å². The molecule has 1 saturated heterocycles. The maximum absolute atomic E-state index is 12.2. The Morgan fingerprint density at radius 3 is 2.29 bits per heavy atom. The molecule has 10 unspecified atom stereocenters. The molecule has 2 N–H and O–H groups in total. The van der Waals surface area contributed by atoms with Gasteiger partial charge in [0.1, 0.15) is 0 Å². The van der Waals surface area contributed by atoms with Crippen LogP contribution in [0.25, 0.3) is 5.57 Å². The van der Waals surface area contributed by atoms with Crippen LogP contribution in [0, 0.1) is 51.2 Å². The van der Waals surface area contributed by atoms with Crippen molar-refractivity contribution in [2.45, 2.75) is 111 Å². The first kappa shape index (κ1) is 37.6. The number of benzene rings is 1. The van der Waals surface area contributed by atoms with Crippen LogP contribution in [0.3, 0.4) is 0 Å². The highest BCUT2D eigenvalue weighted by Crippen LogP contribution is 2.76. The van der Waals surface area contributed by atoms with Crippen molar-refractivity contribution in [2.75, 3.05) is 51.8 Å². The molecule has 0 spiro atoms. The maximum Gasteiger partial charge on any atom is 0.337 e. The second-order valence-corrected chi connectivity index (χ2v) is 21.5. The van der Waals surface area contributed by atoms with Gasteiger partial charge in [-0.1, -0.05) is 52.8 Å². The zero-order valence-electron chi connectivity index (χ0n) is 32.9. The van der Waals surface area contributed by atoms with Crippen molar-refractivity contribution in [2.24, 2.45) is 51.2 Å². The zero-order valence-corrected chi connectivity index (χ0v) is 33.8. The number of hydrogen-bond acceptors (Lipinski definition) is 7. The third-order valence-electron chi connectivity index (χ3n) is 17.1. The summed E-state index contributed by atoms with van der Waals surface area (Å²) in [4.78, 5) is 14.5. The number of nitrogens with one attached hydrogen (secondary N) is 2. The van der Waals surface area contributed by atoms with Crippen LogP contribution < -0.4 is 10.6 Å². The molecule has 8 heteroatoms. The smallest absolute Gasteiger partial charge is 0.337 e. The SMILES string of the molecule is CNC(C)C1CCC2(NCCN3CCS(=O)(=O)CC3)CCC3(C)C(CCC4C5(C)CC=C(c6ccc(C(=O)OC)cc6)C(C)(C)C5CCC43C)C12. The molecule has 0 bridgehead atoms. The summed E-state index contributed by atoms with van der Waals surface area (Å²) in [6.07, 6.45) is 14.0. The van der Waals surface area contributed by atoms with Gasteiger partial charge < -0.3 is 20.3 Å². The van der Waals surface area contributed by atoms with Crippen LogP contribution in [0.2, 0.25) is 0 Å². The van der Waals surface area contributed by atoms with Gasteiger partial charge in [-0.15, -0.1) is 0 Å². The monoisotopic (exact) mass is 721 g/mol. The van der Waals surface area contributed by atoms with Crippen molar-refractivity contribution in [1.82, 2.24) is 15.5 Å². The molecular formula is C43H67N3O4S. The molecule has 5 fully saturated rings. The third kappa shape index (κ3) is 5.90. The highest BCUT2D eigenvalue weighted by Gasteiger charge is 2.70. The average Bonchev–Trinajstić information content (AvgIpc) is 3.48. The van der Waals surface area contributed by atoms with Crippen LogP contribution >= 0.6 is 0 Å². The Balaban J connectivity index is 1.15. The molecule has 284 valence electrons. The summed E-state index contributed by atoms with van der Waals surface area (Å²) in [5.41, 5.74) is 4.37. The largest absolute Gasteiger partial charge is 0.465 e. The van der Waals surface area contributed by atoms with E-state index < -0.39 is 9.84 Å². The lowest BCUT2D eigenvalue weighted by Gasteiger charge is -2.72. The van der Waals surface area contributed by atoms with Crippen molar-refractivity contribution in [3.8, 4) is 0 Å². The minimum Gasteiger partial charge on any atom is -0.465 e. The van der Waals surface area contributed by atoms with Gasteiger partial charge in [0.2, 0.25) is 0 Å². The highest BCUT2D eigenvalue weighted by atomic mass is 32.2. The Kier molecular flexibility index (Phi) is 9.75. The van der Waals surface area contributed by atoms with E-state index in [2.05, 4.69) is 82.3 Å². The van der Waals surface area contributed by atoms with Crippen molar-refractivity contribution >= 4 is 21.4 Å². The Labute approximate surface area is 309 Å². The van der Waals surface area contributed by atoms with Gasteiger partial charge in [0.15, 0.2) is 9.84 Å². The Bertz CT molecular complexity index is 1610. The number of carbonyl (C=O) groups excluding carboxylic acids is 1. The molecule has 4 saturated carbocycles. The molecule has 7 nitrogen and oxygen atoms in total. The molecule has 6 aliphatic rings. The number of allylic oxidation sites excluding steroid dienone is 2. The van der Waals surface area contributed by atoms with Gasteiger partial charge in [-0.3, -0.25) is 0 Å². The molecule has 10 atom stereocenters. The zero-order chi connectivity index (χ0) is 36.6. The summed E-state index contributed by atoms with van der Waals surface area (Å²) in [5.74, 6) is 3.68. The minimum absolute atomic E-state index is 0.0435. The number of carbonyl (C=O) groups is 1. The second-order valence-electron chi connectivity index (χ2n) is 19.2. The van der Waals surface area contributed by atoms with Gasteiger partial charge in [0.05, 0.1) is 24.2 Å². The number of hydrogen-bond donors (Lipinski definition) is 2. The highest BCUT2D eigenvalue weighted by molar-refractivity contribution is 7.91. The van der Waals surface area contributed by atoms with Crippen LogP contribution in [-0.2, 0) is 14.6 Å². The van der Waals surface area contributed by atoms with Crippen LogP contribution in [0.1, 0.15) is 115 Å². The lowest BCUT2D eigenvalue weighted by atomic mass is 9.33. The quantitative estimate of drug-likeness (QED) is 0.274. The molecule has 1 aromatic rings. The molecule has 0 aromatic heterocycles. The lowest BCUT2D eigenvalue weighted by Crippen LogP contribution is -2.68. The number of esters is 1. The molecular weight excluding hydrogens is 655 g/mol. The molecule has 1 aliphatic heterocycles. The fourth-order valence-electron chi connectivity index (χ4n) is 14.2. The standard InChI is InChI=1S/C43H67N3O4S/c1-29(44-7)32-15-20-43(45-23-24-46-25-27-51(48,49)28-26-46)22-21-41(5)34(37(32)43)13-14-36-40(4)18-16-33(30-9-11-31(12-10-30)38(47)50-8)39(2,3)35(40)17-19-42(36,41)6/h9-12,16,29,32,34-37,44-45H,13-15,17-28H2,1-8H3. The van der Waals surface area contributed by atoms with Crippen LogP contribution in [-0.4, -0.2) is 82.7 Å². The number of nitrogens with zero attached hydrogens (tertiary/aromatic N) is 1. The van der Waals surface area contributed by atoms with E-state index in [0.717, 1.165) is 19.5 Å². The summed E-state index contributed by atoms with van der Waals surface area (Å²) in [6.45, 7) is 18.8. The van der Waals surface area contributed by atoms with E-state index >= 15 is 0 Å². The molecule has 51 heavy (non-hydrogen) atoms. The van der Waals surface area contributed by atoms with Gasteiger partial charge >= 0.3 is 5.97 Å². The van der Waals surface area contributed by atoms with E-state index in [9.17, 15) is 13.2 Å². The van der Waals surface area contributed by atoms with Gasteiger partial charge in [-0.05, 0) is 146 Å². The van der Waals surface area contributed by atoms with Gasteiger partial charge in [0.25, 0.3) is 0 Å². The number of methoxy groups -OCH3 is 1. The second kappa shape index (κ2) is 13.2. The number of fused-ring (bicyclic) bond motifs is 7. The van der Waals surface area contributed by atoms with E-state index in [4.69, 9.17) is 4.74 Å². The molecule has 1 aromatic carbocycles. The fourth-order valence-corrected chi connectivity index (χ4v) is 15.4. The van der Waals surface area contributed by atoms with Gasteiger partial charge in [-0.2, -0.15) is 0 Å². The van der Waals surface area contributed by atoms with Crippen molar-refractivity contribution < 1.29 is 17.9 Å². The lowest BCUT2D eigenvalue weighted by molar-refractivity contribution is -0.221. The summed E-state index contributed by atoms with van der Waals surface area (Å²) in [5, 5.41) is 7.96. The first-order chi connectivity index (χ1) is 24.1. The fraction of sp³-hybridized carbons (Fsp3) is 0.791. The van der Waals surface area contributed by atoms with E-state index in [1.54, 1.807) is 0 Å². The molecule has 5 aliphatic carbocycles. The normalized spacial score (nSPS) is 42.0. The van der Waals surface area contributed by atoms with Crippen molar-refractivity contribution in [1.29, 1.82) is 0 Å². The predicted octanol–water partition coefficient (Wildman–Crippen LogP) is 7.23. The van der Waals surface area contributed by atoms with E-state index in [1.165, 1.54) is 69.6 Å². The number of rotatable bonds is 8. The van der Waals surface area contributed by atoms with E-state index in [1.807, 2.05) is 12.1 Å². The topological polar surface area (TPSA) is 87.7 Å². The summed E-state index contributed by atoms with van der Waals surface area (Å²) >= 11 is 0. The Hall–Kier alpha value is -1.74. The van der Waals surface area contributed by atoms with Gasteiger partial charge in [0, 0.05) is 37.8 Å². The molecule has 1 heterocycles. The summed E-state index contributed by atoms with van der Waals surface area (Å²) in [6, 6.07) is 8.61. The average molecular weight is 722 g/mol. The summed E-state index contributed by atoms with van der Waals surface area (Å²) in [7, 11) is 0.745. The first-order valence-corrected chi connectivity index (χ1v) is 22.1. The maximum atomic E-state index is 12.2. The summed E-state index contributed by atoms with van der Waals surface area (Å²) < 4.78 is 29.1. The third-order valence-corrected chi connectivity index (χ3v) is 18.7. The van der Waals surface area contributed by atoms with Crippen LogP contribution in [0.15, 0.2) is 30.3 Å². The molecule has 7 rings (SSSR count).